The molecule has 3 N–H and O–H groups in total. The van der Waals surface area contributed by atoms with E-state index in [0.29, 0.717) is 0 Å². The van der Waals surface area contributed by atoms with Gasteiger partial charge >= 0.3 is 0 Å². The molecule has 0 fully saturated rings. The van der Waals surface area contributed by atoms with Gasteiger partial charge in [0.05, 0.1) is 6.54 Å². The van der Waals surface area contributed by atoms with Gasteiger partial charge in [0.2, 0.25) is 0 Å². The number of benzene rings is 1. The summed E-state index contributed by atoms with van der Waals surface area (Å²) in [6.07, 6.45) is 1.79. The Morgan fingerprint density at radius 3 is 2.62 bits per heavy atom. The van der Waals surface area contributed by atoms with Crippen LogP contribution in [0, 0.1) is 0 Å². The number of aliphatic hydroxyl groups excluding tert-OH is 1. The molecule has 0 saturated carbocycles. The normalized spacial score (nSPS) is 14.3. The average Bonchev–Trinajstić information content (AvgIpc) is 3.01. The lowest BCUT2D eigenvalue weighted by Gasteiger charge is -2.17. The SMILES string of the molecule is C/C(=C\C[NH2+]C(C)C(O)c1ccccc1)c1ccsc1.[Cl-]. The summed E-state index contributed by atoms with van der Waals surface area (Å²) < 4.78 is 0. The summed E-state index contributed by atoms with van der Waals surface area (Å²) in [7, 11) is 0. The topological polar surface area (TPSA) is 36.8 Å². The Hall–Kier alpha value is -1.13. The van der Waals surface area contributed by atoms with Crippen molar-refractivity contribution in [3.8, 4) is 0 Å². The van der Waals surface area contributed by atoms with Crippen LogP contribution in [0.15, 0.2) is 53.2 Å². The lowest BCUT2D eigenvalue weighted by molar-refractivity contribution is -0.686. The van der Waals surface area contributed by atoms with Gasteiger partial charge in [0.25, 0.3) is 0 Å². The van der Waals surface area contributed by atoms with E-state index in [-0.39, 0.29) is 18.4 Å². The zero-order valence-electron chi connectivity index (χ0n) is 12.4. The van der Waals surface area contributed by atoms with Gasteiger partial charge in [0, 0.05) is 0 Å². The molecular formula is C17H22ClNOS. The molecule has 114 valence electrons. The second-order valence-corrected chi connectivity index (χ2v) is 5.87. The van der Waals surface area contributed by atoms with Gasteiger partial charge in [-0.05, 0) is 53.4 Å². The molecule has 2 nitrogen and oxygen atoms in total. The number of rotatable bonds is 6. The van der Waals surface area contributed by atoms with Crippen LogP contribution in [0.4, 0.5) is 0 Å². The van der Waals surface area contributed by atoms with Crippen molar-refractivity contribution in [3.63, 3.8) is 0 Å². The molecule has 0 spiro atoms. The zero-order chi connectivity index (χ0) is 14.4. The summed E-state index contributed by atoms with van der Waals surface area (Å²) in [6.45, 7) is 5.08. The molecule has 0 saturated heterocycles. The van der Waals surface area contributed by atoms with Crippen molar-refractivity contribution in [3.05, 3.63) is 64.4 Å². The first kappa shape index (κ1) is 17.9. The van der Waals surface area contributed by atoms with Gasteiger partial charge in [-0.1, -0.05) is 30.3 Å². The van der Waals surface area contributed by atoms with Gasteiger partial charge in [0.1, 0.15) is 12.1 Å². The highest BCUT2D eigenvalue weighted by molar-refractivity contribution is 7.08. The standard InChI is InChI=1S/C17H21NOS.ClH/c1-13(16-9-11-20-12-16)8-10-18-14(2)17(19)15-6-4-3-5-7-15;/h3-9,11-12,14,17-19H,10H2,1-2H3;1H/b13-8+;. The van der Waals surface area contributed by atoms with E-state index in [1.807, 2.05) is 30.3 Å². The Morgan fingerprint density at radius 1 is 1.29 bits per heavy atom. The Kier molecular flexibility index (Phi) is 7.68. The van der Waals surface area contributed by atoms with Gasteiger partial charge < -0.3 is 22.8 Å². The number of thiophene rings is 1. The Labute approximate surface area is 136 Å². The summed E-state index contributed by atoms with van der Waals surface area (Å²) in [5.41, 5.74) is 3.57. The molecule has 0 aliphatic heterocycles. The predicted octanol–water partition coefficient (Wildman–Crippen LogP) is -0.159. The molecule has 1 heterocycles. The van der Waals surface area contributed by atoms with Crippen LogP contribution in [-0.4, -0.2) is 17.7 Å². The van der Waals surface area contributed by atoms with Gasteiger partial charge in [0.15, 0.2) is 0 Å². The molecule has 0 amide bonds. The van der Waals surface area contributed by atoms with Gasteiger partial charge in [-0.15, -0.1) is 0 Å². The Bertz CT molecular complexity index is 539. The molecule has 0 aliphatic rings. The second-order valence-electron chi connectivity index (χ2n) is 5.09. The molecule has 0 radical (unpaired) electrons. The molecule has 0 bridgehead atoms. The van der Waals surface area contributed by atoms with Crippen molar-refractivity contribution in [2.24, 2.45) is 0 Å². The maximum absolute atomic E-state index is 10.3. The number of nitrogens with two attached hydrogens (primary N) is 1. The van der Waals surface area contributed by atoms with Gasteiger partial charge in [-0.25, -0.2) is 0 Å². The second kappa shape index (κ2) is 9.00. The number of quaternary nitrogens is 1. The van der Waals surface area contributed by atoms with E-state index in [0.717, 1.165) is 12.1 Å². The highest BCUT2D eigenvalue weighted by Gasteiger charge is 2.17. The maximum Gasteiger partial charge on any atom is 0.130 e. The smallest absolute Gasteiger partial charge is 0.130 e. The minimum Gasteiger partial charge on any atom is -1.00 e. The largest absolute Gasteiger partial charge is 1.00 e. The summed E-state index contributed by atoms with van der Waals surface area (Å²) >= 11 is 1.72. The van der Waals surface area contributed by atoms with Crippen molar-refractivity contribution >= 4 is 16.9 Å². The Balaban J connectivity index is 0.00000220. The molecule has 2 aromatic rings. The minimum absolute atomic E-state index is 0. The number of aliphatic hydroxyl groups is 1. The molecule has 1 aromatic carbocycles. The maximum atomic E-state index is 10.3. The molecule has 2 atom stereocenters. The predicted molar refractivity (Wildman–Crippen MR) is 85.6 cm³/mol. The molecule has 1 aromatic heterocycles. The van der Waals surface area contributed by atoms with E-state index in [9.17, 15) is 5.11 Å². The van der Waals surface area contributed by atoms with Crippen LogP contribution in [-0.2, 0) is 0 Å². The van der Waals surface area contributed by atoms with Crippen molar-refractivity contribution in [2.75, 3.05) is 6.54 Å². The number of halogens is 1. The summed E-state index contributed by atoms with van der Waals surface area (Å²) in [6, 6.07) is 12.1. The first-order valence-corrected chi connectivity index (χ1v) is 7.88. The highest BCUT2D eigenvalue weighted by Crippen LogP contribution is 2.16. The van der Waals surface area contributed by atoms with Crippen molar-refractivity contribution in [2.45, 2.75) is 26.0 Å². The van der Waals surface area contributed by atoms with Crippen LogP contribution in [0.5, 0.6) is 0 Å². The molecule has 2 rings (SSSR count). The fourth-order valence-corrected chi connectivity index (χ4v) is 2.86. The molecule has 2 unspecified atom stereocenters. The third-order valence-electron chi connectivity index (χ3n) is 3.55. The molecule has 21 heavy (non-hydrogen) atoms. The highest BCUT2D eigenvalue weighted by atomic mass is 35.5. The minimum atomic E-state index is -0.425. The van der Waals surface area contributed by atoms with Crippen LogP contribution < -0.4 is 17.7 Å². The average molecular weight is 324 g/mol. The van der Waals surface area contributed by atoms with E-state index in [1.165, 1.54) is 11.1 Å². The first-order chi connectivity index (χ1) is 9.68. The van der Waals surface area contributed by atoms with Crippen molar-refractivity contribution in [1.82, 2.24) is 0 Å². The first-order valence-electron chi connectivity index (χ1n) is 6.94. The van der Waals surface area contributed by atoms with E-state index in [1.54, 1.807) is 11.3 Å². The van der Waals surface area contributed by atoms with E-state index < -0.39 is 6.10 Å². The van der Waals surface area contributed by atoms with Crippen LogP contribution in [0.1, 0.15) is 31.1 Å². The number of hydrogen-bond donors (Lipinski definition) is 2. The number of hydrogen-bond acceptors (Lipinski definition) is 2. The fourth-order valence-electron chi connectivity index (χ4n) is 2.15. The monoisotopic (exact) mass is 323 g/mol. The van der Waals surface area contributed by atoms with Crippen molar-refractivity contribution < 1.29 is 22.8 Å². The van der Waals surface area contributed by atoms with Gasteiger partial charge in [-0.3, -0.25) is 0 Å². The quantitative estimate of drug-likeness (QED) is 0.761. The summed E-state index contributed by atoms with van der Waals surface area (Å²) in [4.78, 5) is 0. The van der Waals surface area contributed by atoms with E-state index in [4.69, 9.17) is 0 Å². The van der Waals surface area contributed by atoms with Crippen molar-refractivity contribution in [1.29, 1.82) is 0 Å². The fraction of sp³-hybridized carbons (Fsp3) is 0.294. The lowest BCUT2D eigenvalue weighted by Crippen LogP contribution is -3.00. The van der Waals surface area contributed by atoms with Crippen LogP contribution in [0.2, 0.25) is 0 Å². The third-order valence-corrected chi connectivity index (χ3v) is 4.23. The van der Waals surface area contributed by atoms with E-state index in [2.05, 4.69) is 42.1 Å². The molecular weight excluding hydrogens is 302 g/mol. The molecule has 0 aliphatic carbocycles. The molecule has 4 heteroatoms. The van der Waals surface area contributed by atoms with E-state index >= 15 is 0 Å². The van der Waals surface area contributed by atoms with Crippen LogP contribution in [0.25, 0.3) is 5.57 Å². The summed E-state index contributed by atoms with van der Waals surface area (Å²) in [5.74, 6) is 0. The third kappa shape index (κ3) is 5.29. The number of allylic oxidation sites excluding steroid dienone is 1. The summed E-state index contributed by atoms with van der Waals surface area (Å²) in [5, 5.41) is 16.7. The zero-order valence-corrected chi connectivity index (χ0v) is 13.9. The van der Waals surface area contributed by atoms with Crippen LogP contribution >= 0.6 is 11.3 Å². The Morgan fingerprint density at radius 2 is 2.00 bits per heavy atom. The lowest BCUT2D eigenvalue weighted by atomic mass is 10.0. The van der Waals surface area contributed by atoms with Gasteiger partial charge in [-0.2, -0.15) is 11.3 Å². The van der Waals surface area contributed by atoms with Crippen LogP contribution in [0.3, 0.4) is 0 Å².